The molecule has 4 rings (SSSR count). The molecule has 0 aliphatic heterocycles. The van der Waals surface area contributed by atoms with Gasteiger partial charge >= 0.3 is 0 Å². The van der Waals surface area contributed by atoms with Gasteiger partial charge in [0.05, 0.1) is 21.8 Å². The number of rotatable bonds is 8. The summed E-state index contributed by atoms with van der Waals surface area (Å²) in [6.45, 7) is 6.56. The summed E-state index contributed by atoms with van der Waals surface area (Å²) in [5.41, 5.74) is 3.97. The van der Waals surface area contributed by atoms with Crippen molar-refractivity contribution in [3.8, 4) is 11.3 Å². The Morgan fingerprint density at radius 2 is 2.03 bits per heavy atom. The molecule has 10 heteroatoms. The number of anilines is 4. The molecule has 0 atom stereocenters. The molecule has 0 aliphatic carbocycles. The molecule has 0 radical (unpaired) electrons. The first-order chi connectivity index (χ1) is 16.4. The smallest absolute Gasteiger partial charge is 0.247 e. The Hall–Kier alpha value is -3.62. The third kappa shape index (κ3) is 4.98. The van der Waals surface area contributed by atoms with Crippen LogP contribution in [0.4, 0.5) is 23.0 Å². The van der Waals surface area contributed by atoms with Crippen molar-refractivity contribution in [2.75, 3.05) is 29.1 Å². The number of carbonyl (C=O) groups is 1. The number of halogens is 2. The molecule has 0 spiro atoms. The molecule has 2 aromatic carbocycles. The van der Waals surface area contributed by atoms with Crippen molar-refractivity contribution in [3.05, 3.63) is 65.3 Å². The predicted octanol–water partition coefficient (Wildman–Crippen LogP) is 6.04. The molecular formula is C24H23Cl2N7O. The monoisotopic (exact) mass is 495 g/mol. The lowest BCUT2D eigenvalue weighted by Crippen LogP contribution is -2.17. The largest absolute Gasteiger partial charge is 0.375 e. The van der Waals surface area contributed by atoms with Crippen molar-refractivity contribution in [1.82, 2.24) is 20.2 Å². The quantitative estimate of drug-likeness (QED) is 0.257. The highest BCUT2D eigenvalue weighted by Crippen LogP contribution is 2.35. The van der Waals surface area contributed by atoms with Gasteiger partial charge in [0.25, 0.3) is 0 Å². The standard InChI is InChI=1S/C24H23Cl2N7O/c1-4-11-33(3)16-8-6-7-15(13-16)27-24-29-21(20-22(26)31-32-23(20)30-24)14-9-10-17(25)18(12-14)28-19(34)5-2/h5-10,12-13H,2,4,11H2,1,3H3,(H,28,34)(H2,27,29,30,31,32). The van der Waals surface area contributed by atoms with Crippen LogP contribution in [0.2, 0.25) is 10.2 Å². The normalized spacial score (nSPS) is 10.8. The van der Waals surface area contributed by atoms with E-state index in [1.807, 2.05) is 18.2 Å². The lowest BCUT2D eigenvalue weighted by Gasteiger charge is -2.19. The van der Waals surface area contributed by atoms with Crippen LogP contribution >= 0.6 is 23.2 Å². The average Bonchev–Trinajstić information content (AvgIpc) is 3.20. The minimum atomic E-state index is -0.372. The zero-order chi connectivity index (χ0) is 24.2. The van der Waals surface area contributed by atoms with Crippen LogP contribution in [0.25, 0.3) is 22.3 Å². The predicted molar refractivity (Wildman–Crippen MR) is 139 cm³/mol. The van der Waals surface area contributed by atoms with Gasteiger partial charge in [0.2, 0.25) is 11.9 Å². The molecule has 2 heterocycles. The molecule has 0 unspecified atom stereocenters. The molecule has 174 valence electrons. The summed E-state index contributed by atoms with van der Waals surface area (Å²) in [5.74, 6) is -0.0175. The molecule has 8 nitrogen and oxygen atoms in total. The van der Waals surface area contributed by atoms with Gasteiger partial charge in [-0.3, -0.25) is 9.89 Å². The summed E-state index contributed by atoms with van der Waals surface area (Å²) < 4.78 is 0. The number of aromatic amines is 1. The Bertz CT molecular complexity index is 1370. The fraction of sp³-hybridized carbons (Fsp3) is 0.167. The van der Waals surface area contributed by atoms with Crippen molar-refractivity contribution in [1.29, 1.82) is 0 Å². The number of aromatic nitrogens is 4. The summed E-state index contributed by atoms with van der Waals surface area (Å²) in [6.07, 6.45) is 2.22. The zero-order valence-electron chi connectivity index (χ0n) is 18.7. The van der Waals surface area contributed by atoms with Crippen LogP contribution in [0.3, 0.4) is 0 Å². The Morgan fingerprint density at radius 1 is 1.21 bits per heavy atom. The van der Waals surface area contributed by atoms with Gasteiger partial charge in [0.15, 0.2) is 5.65 Å². The van der Waals surface area contributed by atoms with E-state index in [9.17, 15) is 4.79 Å². The van der Waals surface area contributed by atoms with Crippen LogP contribution in [0.1, 0.15) is 13.3 Å². The van der Waals surface area contributed by atoms with E-state index < -0.39 is 0 Å². The first kappa shape index (κ1) is 23.5. The van der Waals surface area contributed by atoms with Gasteiger partial charge in [-0.05, 0) is 42.8 Å². The minimum absolute atomic E-state index is 0.311. The van der Waals surface area contributed by atoms with Crippen molar-refractivity contribution in [2.24, 2.45) is 0 Å². The Balaban J connectivity index is 1.76. The van der Waals surface area contributed by atoms with Crippen LogP contribution in [-0.2, 0) is 4.79 Å². The average molecular weight is 496 g/mol. The molecule has 0 bridgehead atoms. The first-order valence-corrected chi connectivity index (χ1v) is 11.4. The second-order valence-corrected chi connectivity index (χ2v) is 8.40. The van der Waals surface area contributed by atoms with E-state index in [-0.39, 0.29) is 5.91 Å². The Kier molecular flexibility index (Phi) is 7.00. The SMILES string of the molecule is C=CC(=O)Nc1cc(-c2nc(Nc3cccc(N(C)CCC)c3)nc3n[nH]c(Cl)c23)ccc1Cl. The molecule has 0 saturated carbocycles. The highest BCUT2D eigenvalue weighted by Gasteiger charge is 2.17. The van der Waals surface area contributed by atoms with E-state index >= 15 is 0 Å². The maximum Gasteiger partial charge on any atom is 0.247 e. The van der Waals surface area contributed by atoms with Crippen LogP contribution in [0, 0.1) is 0 Å². The molecule has 1 amide bonds. The van der Waals surface area contributed by atoms with Crippen molar-refractivity contribution < 1.29 is 4.79 Å². The molecular weight excluding hydrogens is 473 g/mol. The van der Waals surface area contributed by atoms with Gasteiger partial charge < -0.3 is 15.5 Å². The summed E-state index contributed by atoms with van der Waals surface area (Å²) >= 11 is 12.6. The summed E-state index contributed by atoms with van der Waals surface area (Å²) in [6, 6.07) is 13.2. The minimum Gasteiger partial charge on any atom is -0.375 e. The second-order valence-electron chi connectivity index (χ2n) is 7.62. The second kappa shape index (κ2) is 10.1. The zero-order valence-corrected chi connectivity index (χ0v) is 20.2. The molecule has 0 aliphatic rings. The van der Waals surface area contributed by atoms with Gasteiger partial charge in [-0.25, -0.2) is 4.98 Å². The number of hydrogen-bond donors (Lipinski definition) is 3. The van der Waals surface area contributed by atoms with E-state index in [0.29, 0.717) is 44.1 Å². The van der Waals surface area contributed by atoms with Crippen molar-refractivity contribution in [2.45, 2.75) is 13.3 Å². The molecule has 0 fully saturated rings. The fourth-order valence-electron chi connectivity index (χ4n) is 3.52. The lowest BCUT2D eigenvalue weighted by atomic mass is 10.1. The summed E-state index contributed by atoms with van der Waals surface area (Å²) in [7, 11) is 2.05. The number of hydrogen-bond acceptors (Lipinski definition) is 6. The third-order valence-electron chi connectivity index (χ3n) is 5.15. The molecule has 2 aromatic heterocycles. The Morgan fingerprint density at radius 3 is 2.79 bits per heavy atom. The molecule has 3 N–H and O–H groups in total. The summed E-state index contributed by atoms with van der Waals surface area (Å²) in [4.78, 5) is 23.2. The number of carbonyl (C=O) groups excluding carboxylic acids is 1. The summed E-state index contributed by atoms with van der Waals surface area (Å²) in [5, 5.41) is 14.2. The topological polar surface area (TPSA) is 98.8 Å². The van der Waals surface area contributed by atoms with Gasteiger partial charge in [-0.15, -0.1) is 0 Å². The highest BCUT2D eigenvalue weighted by atomic mass is 35.5. The maximum absolute atomic E-state index is 11.8. The number of nitrogens with one attached hydrogen (secondary N) is 3. The highest BCUT2D eigenvalue weighted by molar-refractivity contribution is 6.35. The van der Waals surface area contributed by atoms with Gasteiger partial charge in [0.1, 0.15) is 5.15 Å². The van der Waals surface area contributed by atoms with E-state index in [0.717, 1.165) is 24.3 Å². The van der Waals surface area contributed by atoms with Gasteiger partial charge in [-0.2, -0.15) is 10.1 Å². The van der Waals surface area contributed by atoms with Crippen LogP contribution < -0.4 is 15.5 Å². The number of nitrogens with zero attached hydrogens (tertiary/aromatic N) is 4. The number of benzene rings is 2. The van der Waals surface area contributed by atoms with E-state index in [1.54, 1.807) is 18.2 Å². The number of H-pyrrole nitrogens is 1. The molecule has 0 saturated heterocycles. The molecule has 4 aromatic rings. The van der Waals surface area contributed by atoms with Crippen LogP contribution in [-0.4, -0.2) is 39.7 Å². The lowest BCUT2D eigenvalue weighted by molar-refractivity contribution is -0.111. The Labute approximate surface area is 207 Å². The third-order valence-corrected chi connectivity index (χ3v) is 5.76. The first-order valence-electron chi connectivity index (χ1n) is 10.6. The fourth-order valence-corrected chi connectivity index (χ4v) is 3.90. The van der Waals surface area contributed by atoms with Crippen LogP contribution in [0.15, 0.2) is 55.1 Å². The van der Waals surface area contributed by atoms with E-state index in [4.69, 9.17) is 28.2 Å². The molecule has 34 heavy (non-hydrogen) atoms. The number of amides is 1. The maximum atomic E-state index is 11.8. The van der Waals surface area contributed by atoms with E-state index in [1.165, 1.54) is 6.08 Å². The van der Waals surface area contributed by atoms with Gasteiger partial charge in [0, 0.05) is 30.5 Å². The van der Waals surface area contributed by atoms with E-state index in [2.05, 4.69) is 57.3 Å². The van der Waals surface area contributed by atoms with Gasteiger partial charge in [-0.1, -0.05) is 48.8 Å². The van der Waals surface area contributed by atoms with Crippen molar-refractivity contribution in [3.63, 3.8) is 0 Å². The van der Waals surface area contributed by atoms with Crippen molar-refractivity contribution >= 4 is 63.2 Å². The number of fused-ring (bicyclic) bond motifs is 1. The van der Waals surface area contributed by atoms with Crippen LogP contribution in [0.5, 0.6) is 0 Å².